The zero-order chi connectivity index (χ0) is 14.8. The maximum Gasteiger partial charge on any atom is 0.420 e. The van der Waals surface area contributed by atoms with Gasteiger partial charge in [0.1, 0.15) is 12.4 Å². The lowest BCUT2D eigenvalue weighted by Gasteiger charge is -2.07. The van der Waals surface area contributed by atoms with E-state index in [2.05, 4.69) is 0 Å². The molecule has 4 nitrogen and oxygen atoms in total. The van der Waals surface area contributed by atoms with Gasteiger partial charge in [-0.25, -0.2) is 4.79 Å². The second-order valence-electron chi connectivity index (χ2n) is 4.41. The summed E-state index contributed by atoms with van der Waals surface area (Å²) >= 11 is 11.8. The van der Waals surface area contributed by atoms with Gasteiger partial charge in [-0.05, 0) is 24.3 Å². The van der Waals surface area contributed by atoms with Crippen LogP contribution in [0.1, 0.15) is 0 Å². The van der Waals surface area contributed by atoms with Crippen LogP contribution in [0.15, 0.2) is 51.7 Å². The number of fused-ring (bicyclic) bond motifs is 1. The van der Waals surface area contributed by atoms with Gasteiger partial charge in [0.25, 0.3) is 0 Å². The Hall–Kier alpha value is -1.91. The van der Waals surface area contributed by atoms with Gasteiger partial charge in [0, 0.05) is 6.07 Å². The normalized spacial score (nSPS) is 11.0. The number of aromatic nitrogens is 1. The lowest BCUT2D eigenvalue weighted by molar-refractivity contribution is 0.294. The molecule has 0 aliphatic carbocycles. The van der Waals surface area contributed by atoms with Crippen LogP contribution in [-0.4, -0.2) is 11.2 Å². The summed E-state index contributed by atoms with van der Waals surface area (Å²) in [6.07, 6.45) is 0. The average molecular weight is 324 g/mol. The summed E-state index contributed by atoms with van der Waals surface area (Å²) in [5.41, 5.74) is 1.32. The van der Waals surface area contributed by atoms with Gasteiger partial charge >= 0.3 is 5.76 Å². The molecule has 0 aliphatic rings. The molecule has 0 unspecified atom stereocenters. The molecule has 0 fully saturated rings. The minimum absolute atomic E-state index is 0.321. The topological polar surface area (TPSA) is 44.4 Å². The van der Waals surface area contributed by atoms with Crippen molar-refractivity contribution in [3.8, 4) is 5.75 Å². The highest BCUT2D eigenvalue weighted by atomic mass is 35.5. The lowest BCUT2D eigenvalue weighted by atomic mass is 10.3. The van der Waals surface area contributed by atoms with Gasteiger partial charge in [-0.15, -0.1) is 0 Å². The van der Waals surface area contributed by atoms with Crippen LogP contribution >= 0.6 is 23.2 Å². The molecule has 1 heterocycles. The Balaban J connectivity index is 1.73. The third-order valence-electron chi connectivity index (χ3n) is 3.05. The van der Waals surface area contributed by atoms with Crippen molar-refractivity contribution in [3.63, 3.8) is 0 Å². The Morgan fingerprint density at radius 3 is 2.71 bits per heavy atom. The molecule has 0 amide bonds. The van der Waals surface area contributed by atoms with Crippen molar-refractivity contribution in [3.05, 3.63) is 63.1 Å². The van der Waals surface area contributed by atoms with Crippen molar-refractivity contribution >= 4 is 34.3 Å². The number of hydrogen-bond donors (Lipinski definition) is 0. The van der Waals surface area contributed by atoms with Gasteiger partial charge in [-0.2, -0.15) is 0 Å². The van der Waals surface area contributed by atoms with Crippen LogP contribution in [-0.2, 0) is 6.54 Å². The van der Waals surface area contributed by atoms with Crippen molar-refractivity contribution in [2.75, 3.05) is 6.61 Å². The van der Waals surface area contributed by atoms with E-state index in [1.54, 1.807) is 24.3 Å². The first-order valence-electron chi connectivity index (χ1n) is 6.31. The Morgan fingerprint density at radius 2 is 1.90 bits per heavy atom. The molecule has 3 rings (SSSR count). The Labute approximate surface area is 130 Å². The van der Waals surface area contributed by atoms with Gasteiger partial charge in [-0.1, -0.05) is 35.3 Å². The first kappa shape index (κ1) is 14.0. The molecule has 0 atom stereocenters. The van der Waals surface area contributed by atoms with Gasteiger partial charge in [0.2, 0.25) is 0 Å². The molecule has 0 bridgehead atoms. The molecule has 2 aromatic carbocycles. The summed E-state index contributed by atoms with van der Waals surface area (Å²) in [7, 11) is 0. The van der Waals surface area contributed by atoms with E-state index in [0.717, 1.165) is 5.52 Å². The molecule has 21 heavy (non-hydrogen) atoms. The van der Waals surface area contributed by atoms with E-state index in [4.69, 9.17) is 32.4 Å². The molecular weight excluding hydrogens is 313 g/mol. The quantitative estimate of drug-likeness (QED) is 0.729. The molecule has 1 aromatic heterocycles. The monoisotopic (exact) mass is 323 g/mol. The summed E-state index contributed by atoms with van der Waals surface area (Å²) in [6, 6.07) is 12.3. The first-order chi connectivity index (χ1) is 10.1. The minimum Gasteiger partial charge on any atom is -0.492 e. The number of halogens is 2. The molecule has 0 spiro atoms. The first-order valence-corrected chi connectivity index (χ1v) is 7.07. The highest BCUT2D eigenvalue weighted by molar-refractivity contribution is 6.42. The van der Waals surface area contributed by atoms with Crippen molar-refractivity contribution in [1.82, 2.24) is 4.57 Å². The second-order valence-corrected chi connectivity index (χ2v) is 5.23. The number of oxazole rings is 1. The van der Waals surface area contributed by atoms with Crippen LogP contribution < -0.4 is 10.5 Å². The van der Waals surface area contributed by atoms with E-state index >= 15 is 0 Å². The van der Waals surface area contributed by atoms with Crippen molar-refractivity contribution < 1.29 is 9.15 Å². The number of para-hydroxylation sites is 2. The van der Waals surface area contributed by atoms with E-state index < -0.39 is 5.76 Å². The highest BCUT2D eigenvalue weighted by Crippen LogP contribution is 2.26. The van der Waals surface area contributed by atoms with Crippen molar-refractivity contribution in [2.45, 2.75) is 6.54 Å². The highest BCUT2D eigenvalue weighted by Gasteiger charge is 2.08. The number of nitrogens with zero attached hydrogens (tertiary/aromatic N) is 1. The second kappa shape index (κ2) is 5.84. The standard InChI is InChI=1S/C15H11Cl2NO3/c16-11-6-5-10(9-12(11)17)20-8-7-18-13-3-1-2-4-14(13)21-15(18)19/h1-6,9H,7-8H2. The predicted molar refractivity (Wildman–Crippen MR) is 82.4 cm³/mol. The van der Waals surface area contributed by atoms with Crippen LogP contribution in [0.5, 0.6) is 5.75 Å². The van der Waals surface area contributed by atoms with Crippen LogP contribution in [0.4, 0.5) is 0 Å². The van der Waals surface area contributed by atoms with Crippen LogP contribution in [0.3, 0.4) is 0 Å². The lowest BCUT2D eigenvalue weighted by Crippen LogP contribution is -2.18. The summed E-state index contributed by atoms with van der Waals surface area (Å²) in [6.45, 7) is 0.706. The SMILES string of the molecule is O=c1oc2ccccc2n1CCOc1ccc(Cl)c(Cl)c1. The van der Waals surface area contributed by atoms with Gasteiger partial charge in [0.15, 0.2) is 5.58 Å². The summed E-state index contributed by atoms with van der Waals surface area (Å²) < 4.78 is 12.3. The predicted octanol–water partition coefficient (Wildman–Crippen LogP) is 3.98. The third kappa shape index (κ3) is 2.91. The molecule has 0 radical (unpaired) electrons. The van der Waals surface area contributed by atoms with Gasteiger partial charge in [-0.3, -0.25) is 4.57 Å². The Bertz CT molecular complexity index is 838. The molecular formula is C15H11Cl2NO3. The molecule has 0 saturated carbocycles. The summed E-state index contributed by atoms with van der Waals surface area (Å²) in [5, 5.41) is 0.904. The van der Waals surface area contributed by atoms with Gasteiger partial charge in [0.05, 0.1) is 22.1 Å². The number of benzene rings is 2. The fraction of sp³-hybridized carbons (Fsp3) is 0.133. The van der Waals surface area contributed by atoms with E-state index in [9.17, 15) is 4.79 Å². The third-order valence-corrected chi connectivity index (χ3v) is 3.79. The van der Waals surface area contributed by atoms with E-state index in [1.165, 1.54) is 4.57 Å². The van der Waals surface area contributed by atoms with Gasteiger partial charge < -0.3 is 9.15 Å². The van der Waals surface area contributed by atoms with E-state index in [-0.39, 0.29) is 0 Å². The Morgan fingerprint density at radius 1 is 1.10 bits per heavy atom. The van der Waals surface area contributed by atoms with Crippen molar-refractivity contribution in [2.24, 2.45) is 0 Å². The largest absolute Gasteiger partial charge is 0.492 e. The minimum atomic E-state index is -0.395. The molecule has 3 aromatic rings. The zero-order valence-corrected chi connectivity index (χ0v) is 12.4. The maximum atomic E-state index is 11.8. The Kier molecular flexibility index (Phi) is 3.90. The summed E-state index contributed by atoms with van der Waals surface area (Å²) in [4.78, 5) is 11.8. The molecule has 0 saturated heterocycles. The molecule has 0 aliphatic heterocycles. The number of hydrogen-bond acceptors (Lipinski definition) is 3. The number of ether oxygens (including phenoxy) is 1. The molecule has 0 N–H and O–H groups in total. The van der Waals surface area contributed by atoms with Crippen LogP contribution in [0, 0.1) is 0 Å². The van der Waals surface area contributed by atoms with E-state index in [1.807, 2.05) is 18.2 Å². The van der Waals surface area contributed by atoms with Crippen LogP contribution in [0.25, 0.3) is 11.1 Å². The molecule has 108 valence electrons. The maximum absolute atomic E-state index is 11.8. The zero-order valence-electron chi connectivity index (χ0n) is 10.9. The van der Waals surface area contributed by atoms with E-state index in [0.29, 0.717) is 34.5 Å². The fourth-order valence-electron chi connectivity index (χ4n) is 2.05. The van der Waals surface area contributed by atoms with Crippen molar-refractivity contribution in [1.29, 1.82) is 0 Å². The molecule has 6 heteroatoms. The average Bonchev–Trinajstić information content (AvgIpc) is 2.79. The summed E-state index contributed by atoms with van der Waals surface area (Å²) in [5.74, 6) is 0.208. The number of rotatable bonds is 4. The smallest absolute Gasteiger partial charge is 0.420 e. The van der Waals surface area contributed by atoms with Crippen LogP contribution in [0.2, 0.25) is 10.0 Å². The fourth-order valence-corrected chi connectivity index (χ4v) is 2.34.